The summed E-state index contributed by atoms with van der Waals surface area (Å²) in [6.45, 7) is 6.07. The minimum absolute atomic E-state index is 0.0291. The molecule has 9 atom stereocenters. The standard InChI is InChI=1S/C20H28O6/c1-9-10-4-5-11-19(8-10,14(9)21)16(23)25-12-6-7-18(2,3)13-15(22)26-17(24)20(11,12)13/h9-13,15,17,22,24H,4-8H2,1-3H3. The molecule has 2 N–H and O–H groups in total. The molecular formula is C20H28O6. The van der Waals surface area contributed by atoms with Crippen LogP contribution in [0.15, 0.2) is 0 Å². The number of ether oxygens (including phenoxy) is 2. The second-order valence-electron chi connectivity index (χ2n) is 10.00. The Labute approximate surface area is 153 Å². The molecule has 3 saturated carbocycles. The first-order chi connectivity index (χ1) is 12.2. The normalized spacial score (nSPS) is 57.2. The van der Waals surface area contributed by atoms with Crippen molar-refractivity contribution in [2.75, 3.05) is 0 Å². The van der Waals surface area contributed by atoms with Crippen LogP contribution in [0.4, 0.5) is 0 Å². The number of carbonyl (C=O) groups excluding carboxylic acids is 2. The van der Waals surface area contributed by atoms with Crippen LogP contribution in [-0.4, -0.2) is 40.6 Å². The third kappa shape index (κ3) is 1.62. The van der Waals surface area contributed by atoms with E-state index in [1.807, 2.05) is 6.92 Å². The minimum atomic E-state index is -1.22. The molecule has 2 heterocycles. The predicted octanol–water partition coefficient (Wildman–Crippen LogP) is 1.62. The van der Waals surface area contributed by atoms with Crippen molar-refractivity contribution < 1.29 is 29.3 Å². The lowest BCUT2D eigenvalue weighted by molar-refractivity contribution is -0.268. The number of aliphatic hydroxyl groups excluding tert-OH is 2. The minimum Gasteiger partial charge on any atom is -0.461 e. The Kier molecular flexibility index (Phi) is 3.22. The summed E-state index contributed by atoms with van der Waals surface area (Å²) in [5.74, 6) is -1.06. The Balaban J connectivity index is 1.73. The van der Waals surface area contributed by atoms with E-state index in [0.717, 1.165) is 12.8 Å². The van der Waals surface area contributed by atoms with Gasteiger partial charge in [0, 0.05) is 11.8 Å². The highest BCUT2D eigenvalue weighted by Crippen LogP contribution is 2.72. The highest BCUT2D eigenvalue weighted by atomic mass is 16.7. The van der Waals surface area contributed by atoms with E-state index in [0.29, 0.717) is 19.3 Å². The lowest BCUT2D eigenvalue weighted by atomic mass is 9.43. The maximum atomic E-state index is 13.3. The second kappa shape index (κ2) is 4.89. The molecule has 0 aromatic heterocycles. The maximum absolute atomic E-state index is 13.3. The average Bonchev–Trinajstić information content (AvgIpc) is 2.96. The number of aliphatic hydroxyl groups is 2. The molecule has 0 radical (unpaired) electrons. The fourth-order valence-corrected chi connectivity index (χ4v) is 7.68. The molecule has 5 aliphatic rings. The number of hydrogen-bond donors (Lipinski definition) is 2. The van der Waals surface area contributed by atoms with Crippen LogP contribution in [0.3, 0.4) is 0 Å². The Morgan fingerprint density at radius 1 is 1.12 bits per heavy atom. The number of ketones is 1. The predicted molar refractivity (Wildman–Crippen MR) is 89.4 cm³/mol. The van der Waals surface area contributed by atoms with Gasteiger partial charge in [0.2, 0.25) is 0 Å². The zero-order valence-corrected chi connectivity index (χ0v) is 15.6. The number of fused-ring (bicyclic) bond motifs is 1. The molecule has 0 aromatic carbocycles. The van der Waals surface area contributed by atoms with E-state index in [9.17, 15) is 19.8 Å². The van der Waals surface area contributed by atoms with Crippen molar-refractivity contribution in [2.45, 2.75) is 71.6 Å². The lowest BCUT2D eigenvalue weighted by Crippen LogP contribution is -2.70. The highest BCUT2D eigenvalue weighted by molar-refractivity contribution is 6.07. The summed E-state index contributed by atoms with van der Waals surface area (Å²) in [5.41, 5.74) is -2.35. The fourth-order valence-electron chi connectivity index (χ4n) is 7.68. The molecule has 5 fully saturated rings. The van der Waals surface area contributed by atoms with Crippen molar-refractivity contribution in [1.29, 1.82) is 0 Å². The van der Waals surface area contributed by atoms with E-state index in [2.05, 4.69) is 13.8 Å². The molecule has 2 saturated heterocycles. The third-order valence-electron chi connectivity index (χ3n) is 8.75. The summed E-state index contributed by atoms with van der Waals surface area (Å²) in [5, 5.41) is 21.7. The lowest BCUT2D eigenvalue weighted by Gasteiger charge is -2.62. The van der Waals surface area contributed by atoms with Crippen molar-refractivity contribution in [3.05, 3.63) is 0 Å². The monoisotopic (exact) mass is 364 g/mol. The van der Waals surface area contributed by atoms with Gasteiger partial charge in [-0.15, -0.1) is 0 Å². The second-order valence-corrected chi connectivity index (χ2v) is 10.00. The molecule has 9 unspecified atom stereocenters. The van der Waals surface area contributed by atoms with E-state index in [-0.39, 0.29) is 34.9 Å². The van der Waals surface area contributed by atoms with Gasteiger partial charge in [-0.3, -0.25) is 9.59 Å². The quantitative estimate of drug-likeness (QED) is 0.501. The Morgan fingerprint density at radius 3 is 2.58 bits per heavy atom. The Hall–Kier alpha value is -0.980. The summed E-state index contributed by atoms with van der Waals surface area (Å²) in [6, 6.07) is 0. The van der Waals surface area contributed by atoms with E-state index < -0.39 is 35.5 Å². The first kappa shape index (κ1) is 17.1. The molecule has 144 valence electrons. The average molecular weight is 364 g/mol. The van der Waals surface area contributed by atoms with Gasteiger partial charge in [0.1, 0.15) is 11.5 Å². The molecule has 2 bridgehead atoms. The maximum Gasteiger partial charge on any atom is 0.320 e. The Morgan fingerprint density at radius 2 is 1.85 bits per heavy atom. The topological polar surface area (TPSA) is 93.1 Å². The number of hydrogen-bond acceptors (Lipinski definition) is 6. The summed E-state index contributed by atoms with van der Waals surface area (Å²) >= 11 is 0. The van der Waals surface area contributed by atoms with Crippen LogP contribution in [0.1, 0.15) is 52.9 Å². The van der Waals surface area contributed by atoms with Gasteiger partial charge in [-0.1, -0.05) is 20.8 Å². The van der Waals surface area contributed by atoms with Crippen molar-refractivity contribution in [3.63, 3.8) is 0 Å². The molecule has 2 spiro atoms. The van der Waals surface area contributed by atoms with Crippen LogP contribution >= 0.6 is 0 Å². The van der Waals surface area contributed by atoms with Crippen LogP contribution < -0.4 is 0 Å². The molecular weight excluding hydrogens is 336 g/mol. The largest absolute Gasteiger partial charge is 0.461 e. The molecule has 5 rings (SSSR count). The summed E-state index contributed by atoms with van der Waals surface area (Å²) in [6.07, 6.45) is 0.658. The molecule has 3 aliphatic carbocycles. The van der Waals surface area contributed by atoms with Gasteiger partial charge in [0.05, 0.1) is 5.41 Å². The van der Waals surface area contributed by atoms with Gasteiger partial charge < -0.3 is 19.7 Å². The SMILES string of the molecule is CC1C(=O)C23CC1CCC2C12C(O)OC(O)C1C(C)(C)CCC2OC3=O. The van der Waals surface area contributed by atoms with Gasteiger partial charge in [-0.05, 0) is 49.4 Å². The molecule has 0 aromatic rings. The van der Waals surface area contributed by atoms with Gasteiger partial charge in [-0.2, -0.15) is 0 Å². The van der Waals surface area contributed by atoms with E-state index >= 15 is 0 Å². The summed E-state index contributed by atoms with van der Waals surface area (Å²) in [7, 11) is 0. The van der Waals surface area contributed by atoms with Gasteiger partial charge >= 0.3 is 5.97 Å². The van der Waals surface area contributed by atoms with E-state index in [1.165, 1.54) is 0 Å². The Bertz CT molecular complexity index is 688. The fraction of sp³-hybridized carbons (Fsp3) is 0.900. The zero-order valence-electron chi connectivity index (χ0n) is 15.6. The van der Waals surface area contributed by atoms with Crippen LogP contribution in [0.2, 0.25) is 0 Å². The number of esters is 1. The molecule has 6 heteroatoms. The van der Waals surface area contributed by atoms with Crippen LogP contribution in [-0.2, 0) is 19.1 Å². The summed E-state index contributed by atoms with van der Waals surface area (Å²) in [4.78, 5) is 26.4. The number of carbonyl (C=O) groups is 2. The number of rotatable bonds is 0. The van der Waals surface area contributed by atoms with Crippen molar-refractivity contribution >= 4 is 11.8 Å². The molecule has 26 heavy (non-hydrogen) atoms. The zero-order chi connectivity index (χ0) is 18.6. The third-order valence-corrected chi connectivity index (χ3v) is 8.75. The van der Waals surface area contributed by atoms with Crippen molar-refractivity contribution in [2.24, 2.45) is 39.9 Å². The van der Waals surface area contributed by atoms with Gasteiger partial charge in [0.15, 0.2) is 18.4 Å². The van der Waals surface area contributed by atoms with E-state index in [1.54, 1.807) is 0 Å². The van der Waals surface area contributed by atoms with Crippen LogP contribution in [0.25, 0.3) is 0 Å². The summed E-state index contributed by atoms with van der Waals surface area (Å²) < 4.78 is 11.5. The van der Waals surface area contributed by atoms with Crippen molar-refractivity contribution in [3.8, 4) is 0 Å². The highest BCUT2D eigenvalue weighted by Gasteiger charge is 2.80. The van der Waals surface area contributed by atoms with Crippen LogP contribution in [0.5, 0.6) is 0 Å². The molecule has 6 nitrogen and oxygen atoms in total. The van der Waals surface area contributed by atoms with Crippen LogP contribution in [0, 0.1) is 39.9 Å². The van der Waals surface area contributed by atoms with Gasteiger partial charge in [0.25, 0.3) is 0 Å². The van der Waals surface area contributed by atoms with Gasteiger partial charge in [-0.25, -0.2) is 0 Å². The number of Topliss-reactive ketones (excluding diaryl/α,β-unsaturated/α-hetero) is 1. The molecule has 2 aliphatic heterocycles. The molecule has 0 amide bonds. The smallest absolute Gasteiger partial charge is 0.320 e. The first-order valence-electron chi connectivity index (χ1n) is 9.94. The van der Waals surface area contributed by atoms with E-state index in [4.69, 9.17) is 9.47 Å². The first-order valence-corrected chi connectivity index (χ1v) is 9.94. The van der Waals surface area contributed by atoms with Crippen molar-refractivity contribution in [1.82, 2.24) is 0 Å².